The van der Waals surface area contributed by atoms with Crippen molar-refractivity contribution in [3.8, 4) is 0 Å². The number of hydrogen-bond acceptors (Lipinski definition) is 2. The molecule has 0 aliphatic carbocycles. The lowest BCUT2D eigenvalue weighted by Gasteiger charge is -2.01. The van der Waals surface area contributed by atoms with Crippen molar-refractivity contribution >= 4 is 12.6 Å². The van der Waals surface area contributed by atoms with Gasteiger partial charge in [0.1, 0.15) is 0 Å². The predicted molar refractivity (Wildman–Crippen MR) is 59.3 cm³/mol. The van der Waals surface area contributed by atoms with Gasteiger partial charge in [-0.2, -0.15) is 0 Å². The Kier molecular flexibility index (Phi) is 8.75. The van der Waals surface area contributed by atoms with Crippen molar-refractivity contribution in [1.82, 2.24) is 5.32 Å². The lowest BCUT2D eigenvalue weighted by Crippen LogP contribution is -2.09. The van der Waals surface area contributed by atoms with Gasteiger partial charge in [0.15, 0.2) is 0 Å². The number of carbonyl (C=O) groups excluding carboxylic acids is 1. The summed E-state index contributed by atoms with van der Waals surface area (Å²) in [4.78, 5) is 10.3. The van der Waals surface area contributed by atoms with Crippen LogP contribution in [0.2, 0.25) is 0 Å². The van der Waals surface area contributed by atoms with Crippen LogP contribution in [0.25, 0.3) is 0 Å². The number of hydrogen-bond donors (Lipinski definition) is 2. The van der Waals surface area contributed by atoms with Crippen LogP contribution in [-0.2, 0) is 4.79 Å². The molecular weight excluding hydrogens is 176 g/mol. The number of carbonyl (C=O) groups is 1. The fourth-order valence-corrected chi connectivity index (χ4v) is 0.995. The topological polar surface area (TPSA) is 53.0 Å². The molecule has 3 nitrogen and oxygen atoms in total. The minimum absolute atomic E-state index is 0.691. The Bertz CT molecular complexity index is 219. The molecule has 2 N–H and O–H groups in total. The molecule has 0 unspecified atom stereocenters. The first-order valence-electron chi connectivity index (χ1n) is 4.88. The lowest BCUT2D eigenvalue weighted by molar-refractivity contribution is -0.108. The Hall–Kier alpha value is -1.38. The molecule has 1 amide bonds. The van der Waals surface area contributed by atoms with Crippen molar-refractivity contribution in [2.45, 2.75) is 32.6 Å². The quantitative estimate of drug-likeness (QED) is 0.265. The molecule has 0 saturated carbocycles. The molecule has 78 valence electrons. The van der Waals surface area contributed by atoms with Gasteiger partial charge < -0.3 is 10.7 Å². The highest BCUT2D eigenvalue weighted by atomic mass is 16.1. The molecule has 0 bridgehead atoms. The van der Waals surface area contributed by atoms with E-state index in [2.05, 4.69) is 18.3 Å². The standard InChI is InChI=1S/C11H18N2O/c1-2-3-4-7-11(13-10-14)8-5-6-9-12/h3-4,8-10,12H,2,5-7H2,1H3,(H,13,14)/b4-3+,11-8+,12-9?. The van der Waals surface area contributed by atoms with E-state index >= 15 is 0 Å². The molecule has 0 aliphatic heterocycles. The first-order valence-corrected chi connectivity index (χ1v) is 4.88. The second-order valence-electron chi connectivity index (χ2n) is 2.86. The molecule has 0 aliphatic rings. The molecule has 0 aromatic carbocycles. The van der Waals surface area contributed by atoms with E-state index in [1.807, 2.05) is 12.2 Å². The lowest BCUT2D eigenvalue weighted by atomic mass is 10.2. The van der Waals surface area contributed by atoms with Crippen LogP contribution in [0.4, 0.5) is 0 Å². The van der Waals surface area contributed by atoms with Crippen LogP contribution in [0.1, 0.15) is 32.6 Å². The summed E-state index contributed by atoms with van der Waals surface area (Å²) in [6.07, 6.45) is 11.4. The summed E-state index contributed by atoms with van der Waals surface area (Å²) in [5.74, 6) is 0. The van der Waals surface area contributed by atoms with Crippen molar-refractivity contribution < 1.29 is 4.79 Å². The second kappa shape index (κ2) is 9.71. The number of amides is 1. The third-order valence-corrected chi connectivity index (χ3v) is 1.69. The molecule has 0 radical (unpaired) electrons. The van der Waals surface area contributed by atoms with Gasteiger partial charge in [-0.1, -0.05) is 25.2 Å². The van der Waals surface area contributed by atoms with Gasteiger partial charge in [0.25, 0.3) is 0 Å². The van der Waals surface area contributed by atoms with E-state index in [-0.39, 0.29) is 0 Å². The molecule has 0 spiro atoms. The summed E-state index contributed by atoms with van der Waals surface area (Å²) in [5.41, 5.74) is 0.909. The third kappa shape index (κ3) is 7.28. The van der Waals surface area contributed by atoms with Crippen molar-refractivity contribution in [2.75, 3.05) is 0 Å². The first kappa shape index (κ1) is 12.6. The minimum Gasteiger partial charge on any atom is -0.332 e. The number of unbranched alkanes of at least 4 members (excludes halogenated alkanes) is 1. The fraction of sp³-hybridized carbons (Fsp3) is 0.455. The van der Waals surface area contributed by atoms with Crippen LogP contribution in [0, 0.1) is 5.41 Å². The van der Waals surface area contributed by atoms with Crippen molar-refractivity contribution in [3.05, 3.63) is 23.9 Å². The maximum absolute atomic E-state index is 10.3. The van der Waals surface area contributed by atoms with Gasteiger partial charge in [-0.3, -0.25) is 4.79 Å². The monoisotopic (exact) mass is 194 g/mol. The summed E-state index contributed by atoms with van der Waals surface area (Å²) in [6.45, 7) is 2.07. The fourth-order valence-electron chi connectivity index (χ4n) is 0.995. The van der Waals surface area contributed by atoms with Gasteiger partial charge >= 0.3 is 0 Å². The number of rotatable bonds is 8. The Labute approximate surface area is 85.4 Å². The van der Waals surface area contributed by atoms with Crippen LogP contribution in [0.15, 0.2) is 23.9 Å². The molecule has 0 heterocycles. The summed E-state index contributed by atoms with van der Waals surface area (Å²) in [7, 11) is 0. The zero-order valence-electron chi connectivity index (χ0n) is 8.62. The van der Waals surface area contributed by atoms with Crippen molar-refractivity contribution in [1.29, 1.82) is 5.41 Å². The van der Waals surface area contributed by atoms with Crippen molar-refractivity contribution in [3.63, 3.8) is 0 Å². The van der Waals surface area contributed by atoms with Gasteiger partial charge in [0, 0.05) is 12.1 Å². The third-order valence-electron chi connectivity index (χ3n) is 1.69. The van der Waals surface area contributed by atoms with Gasteiger partial charge in [0.2, 0.25) is 6.41 Å². The Morgan fingerprint density at radius 3 is 2.71 bits per heavy atom. The highest BCUT2D eigenvalue weighted by molar-refractivity contribution is 5.53. The van der Waals surface area contributed by atoms with E-state index in [0.717, 1.165) is 31.4 Å². The van der Waals surface area contributed by atoms with Crippen LogP contribution in [0.5, 0.6) is 0 Å². The molecule has 0 fully saturated rings. The molecule has 0 atom stereocenters. The van der Waals surface area contributed by atoms with E-state index in [1.54, 1.807) is 0 Å². The molecule has 0 saturated heterocycles. The van der Waals surface area contributed by atoms with E-state index in [1.165, 1.54) is 6.21 Å². The zero-order chi connectivity index (χ0) is 10.6. The largest absolute Gasteiger partial charge is 0.332 e. The summed E-state index contributed by atoms with van der Waals surface area (Å²) < 4.78 is 0. The Balaban J connectivity index is 3.98. The van der Waals surface area contributed by atoms with E-state index in [9.17, 15) is 4.79 Å². The highest BCUT2D eigenvalue weighted by Gasteiger charge is 1.91. The van der Waals surface area contributed by atoms with Crippen molar-refractivity contribution in [2.24, 2.45) is 0 Å². The summed E-state index contributed by atoms with van der Waals surface area (Å²) >= 11 is 0. The SMILES string of the molecule is CC/C=C/C/C(=C\CCC=N)NC=O. The van der Waals surface area contributed by atoms with Crippen LogP contribution >= 0.6 is 0 Å². The van der Waals surface area contributed by atoms with E-state index in [4.69, 9.17) is 5.41 Å². The second-order valence-corrected chi connectivity index (χ2v) is 2.86. The molecular formula is C11H18N2O. The maximum atomic E-state index is 10.3. The van der Waals surface area contributed by atoms with Gasteiger partial charge in [-0.25, -0.2) is 0 Å². The minimum atomic E-state index is 0.691. The van der Waals surface area contributed by atoms with Crippen LogP contribution in [-0.4, -0.2) is 12.6 Å². The van der Waals surface area contributed by atoms with Gasteiger partial charge in [-0.15, -0.1) is 0 Å². The van der Waals surface area contributed by atoms with Gasteiger partial charge in [0.05, 0.1) is 0 Å². The number of nitrogens with one attached hydrogen (secondary N) is 2. The molecule has 0 aromatic heterocycles. The Morgan fingerprint density at radius 1 is 1.36 bits per heavy atom. The van der Waals surface area contributed by atoms with E-state index in [0.29, 0.717) is 6.41 Å². The highest BCUT2D eigenvalue weighted by Crippen LogP contribution is 2.01. The summed E-state index contributed by atoms with van der Waals surface area (Å²) in [5, 5.41) is 9.51. The average molecular weight is 194 g/mol. The van der Waals surface area contributed by atoms with Gasteiger partial charge in [-0.05, 0) is 25.5 Å². The molecule has 14 heavy (non-hydrogen) atoms. The first-order chi connectivity index (χ1) is 6.85. The number of allylic oxidation sites excluding steroid dienone is 3. The van der Waals surface area contributed by atoms with E-state index < -0.39 is 0 Å². The van der Waals surface area contributed by atoms with Crippen LogP contribution < -0.4 is 5.32 Å². The smallest absolute Gasteiger partial charge is 0.211 e. The Morgan fingerprint density at radius 2 is 2.14 bits per heavy atom. The average Bonchev–Trinajstić information content (AvgIpc) is 2.18. The zero-order valence-corrected chi connectivity index (χ0v) is 8.62. The molecule has 0 rings (SSSR count). The predicted octanol–water partition coefficient (Wildman–Crippen LogP) is 2.40. The molecule has 0 aromatic rings. The molecule has 3 heteroatoms. The maximum Gasteiger partial charge on any atom is 0.211 e. The summed E-state index contributed by atoms with van der Waals surface area (Å²) in [6, 6.07) is 0. The van der Waals surface area contributed by atoms with Crippen LogP contribution in [0.3, 0.4) is 0 Å². The normalized spacial score (nSPS) is 11.6.